The van der Waals surface area contributed by atoms with Crippen molar-refractivity contribution in [1.29, 1.82) is 0 Å². The maximum atomic E-state index is 17.3. The molecule has 0 bridgehead atoms. The molecule has 3 aliphatic rings. The number of pyridine rings is 1. The molecule has 55 heavy (non-hydrogen) atoms. The summed E-state index contributed by atoms with van der Waals surface area (Å²) in [7, 11) is -0.807. The van der Waals surface area contributed by atoms with Crippen molar-refractivity contribution in [1.82, 2.24) is 19.9 Å². The third kappa shape index (κ3) is 6.92. The number of anilines is 1. The fraction of sp³-hybridized carbons (Fsp3) is 0.548. The predicted octanol–water partition coefficient (Wildman–Crippen LogP) is 9.38. The van der Waals surface area contributed by atoms with Gasteiger partial charge in [0.2, 0.25) is 0 Å². The Morgan fingerprint density at radius 1 is 0.982 bits per heavy atom. The molecule has 0 unspecified atom stereocenters. The summed E-state index contributed by atoms with van der Waals surface area (Å²) in [6, 6.07) is 6.32. The lowest BCUT2D eigenvalue weighted by atomic mass is 9.95. The Labute approximate surface area is 322 Å². The molecule has 2 aromatic heterocycles. The van der Waals surface area contributed by atoms with Crippen LogP contribution in [-0.4, -0.2) is 86.6 Å². The minimum Gasteiger partial charge on any atom is -0.468 e. The van der Waals surface area contributed by atoms with Crippen LogP contribution in [0.25, 0.3) is 32.9 Å². The van der Waals surface area contributed by atoms with Crippen molar-refractivity contribution in [2.75, 3.05) is 51.6 Å². The molecule has 2 atom stereocenters. The first-order valence-electron chi connectivity index (χ1n) is 19.4. The van der Waals surface area contributed by atoms with Crippen molar-refractivity contribution in [3.63, 3.8) is 0 Å². The van der Waals surface area contributed by atoms with Crippen LogP contribution in [0, 0.1) is 28.5 Å². The summed E-state index contributed by atoms with van der Waals surface area (Å²) in [5.41, 5.74) is 3.52. The van der Waals surface area contributed by atoms with Gasteiger partial charge in [-0.2, -0.15) is 4.98 Å². The van der Waals surface area contributed by atoms with Gasteiger partial charge in [-0.1, -0.05) is 53.5 Å². The van der Waals surface area contributed by atoms with E-state index in [0.717, 1.165) is 25.9 Å². The molecule has 0 spiro atoms. The van der Waals surface area contributed by atoms with E-state index in [1.165, 1.54) is 19.4 Å². The summed E-state index contributed by atoms with van der Waals surface area (Å²) in [6.45, 7) is 17.3. The molecule has 1 aliphatic carbocycles. The highest BCUT2D eigenvalue weighted by molar-refractivity contribution is 6.90. The third-order valence-corrected chi connectivity index (χ3v) is 18.6. The van der Waals surface area contributed by atoms with Crippen LogP contribution in [0.4, 0.5) is 23.4 Å². The van der Waals surface area contributed by atoms with Gasteiger partial charge >= 0.3 is 6.01 Å². The molecule has 7 rings (SSSR count). The fourth-order valence-corrected chi connectivity index (χ4v) is 14.0. The highest BCUT2D eigenvalue weighted by Gasteiger charge is 2.72. The molecule has 0 radical (unpaired) electrons. The van der Waals surface area contributed by atoms with Crippen LogP contribution in [0.1, 0.15) is 73.3 Å². The van der Waals surface area contributed by atoms with Gasteiger partial charge < -0.3 is 24.0 Å². The Kier molecular flexibility index (Phi) is 10.6. The molecule has 13 heteroatoms. The minimum absolute atomic E-state index is 0.0690. The average Bonchev–Trinajstić information content (AvgIpc) is 3.67. The van der Waals surface area contributed by atoms with Gasteiger partial charge in [0, 0.05) is 49.8 Å². The predicted molar refractivity (Wildman–Crippen MR) is 211 cm³/mol. The number of ether oxygens (including phenoxy) is 3. The van der Waals surface area contributed by atoms with Gasteiger partial charge in [-0.15, -0.1) is 5.54 Å². The number of hydrogen-bond donors (Lipinski definition) is 0. The van der Waals surface area contributed by atoms with Gasteiger partial charge in [0.1, 0.15) is 43.3 Å². The molecule has 2 aromatic carbocycles. The first kappa shape index (κ1) is 39.2. The number of halogens is 4. The second kappa shape index (κ2) is 14.8. The molecule has 4 heterocycles. The maximum Gasteiger partial charge on any atom is 0.317 e. The first-order chi connectivity index (χ1) is 26.1. The van der Waals surface area contributed by atoms with Crippen LogP contribution in [0.2, 0.25) is 16.6 Å². The van der Waals surface area contributed by atoms with Crippen molar-refractivity contribution in [3.8, 4) is 34.5 Å². The zero-order valence-electron chi connectivity index (χ0n) is 33.0. The van der Waals surface area contributed by atoms with Crippen LogP contribution in [0.3, 0.4) is 0 Å². The van der Waals surface area contributed by atoms with Crippen molar-refractivity contribution < 1.29 is 31.8 Å². The van der Waals surface area contributed by atoms with Crippen molar-refractivity contribution in [2.24, 2.45) is 5.41 Å². The molecule has 0 amide bonds. The standard InChI is InChI=1S/C42H51F4N5O3Si/c1-25(2)55(26(3)4,27(5)6)17-13-31-34(43)11-10-29-18-30(54-24-52-8)19-32(35(29)31)37-36(44)38-33(39(48-37)51-16-12-28(51)7)20-47-40(49-38)53-23-41(21-42(41,45)46)22-50-14-9-15-50/h10-11,18-20,25-28H,9,12,14-16,21-24H2,1-8H3/t28-,41+/m0/s1. The summed E-state index contributed by atoms with van der Waals surface area (Å²) in [5.74, 6) is -0.0233. The summed E-state index contributed by atoms with van der Waals surface area (Å²) < 4.78 is 79.9. The van der Waals surface area contributed by atoms with E-state index in [2.05, 4.69) is 69.9 Å². The van der Waals surface area contributed by atoms with Gasteiger partial charge in [0.05, 0.1) is 16.4 Å². The SMILES string of the molecule is COCOc1cc(-c2nc(N3CC[C@@H]3C)c3cnc(OC[C@]4(CN5CCC5)CC4(F)F)nc3c2F)c2c(C#C[Si](C(C)C)(C(C)C)C(C)C)c(F)ccc2c1. The average molecular weight is 778 g/mol. The van der Waals surface area contributed by atoms with E-state index in [1.54, 1.807) is 18.2 Å². The summed E-state index contributed by atoms with van der Waals surface area (Å²) in [6.07, 6.45) is 3.06. The number of hydrogen-bond acceptors (Lipinski definition) is 8. The molecule has 294 valence electrons. The zero-order chi connectivity index (χ0) is 39.4. The van der Waals surface area contributed by atoms with E-state index in [-0.39, 0.29) is 60.8 Å². The number of aromatic nitrogens is 3. The van der Waals surface area contributed by atoms with Crippen molar-refractivity contribution in [3.05, 3.63) is 47.7 Å². The molecule has 0 N–H and O–H groups in total. The van der Waals surface area contributed by atoms with Gasteiger partial charge in [0.15, 0.2) is 12.6 Å². The number of fused-ring (bicyclic) bond motifs is 2. The normalized spacial score (nSPS) is 20.9. The molecular weight excluding hydrogens is 727 g/mol. The van der Waals surface area contributed by atoms with Crippen LogP contribution in [0.5, 0.6) is 11.8 Å². The van der Waals surface area contributed by atoms with Crippen LogP contribution >= 0.6 is 0 Å². The molecule has 8 nitrogen and oxygen atoms in total. The van der Waals surface area contributed by atoms with E-state index < -0.39 is 31.0 Å². The lowest BCUT2D eigenvalue weighted by molar-refractivity contribution is 0.0110. The van der Waals surface area contributed by atoms with Crippen LogP contribution in [-0.2, 0) is 4.74 Å². The largest absolute Gasteiger partial charge is 0.468 e. The smallest absolute Gasteiger partial charge is 0.317 e. The number of rotatable bonds is 13. The third-order valence-electron chi connectivity index (χ3n) is 12.3. The zero-order valence-corrected chi connectivity index (χ0v) is 34.0. The Balaban J connectivity index is 1.42. The van der Waals surface area contributed by atoms with Gasteiger partial charge in [0.25, 0.3) is 5.92 Å². The topological polar surface area (TPSA) is 72.8 Å². The second-order valence-corrected chi connectivity index (χ2v) is 22.2. The Bertz CT molecular complexity index is 2150. The highest BCUT2D eigenvalue weighted by atomic mass is 28.3. The van der Waals surface area contributed by atoms with Gasteiger partial charge in [-0.25, -0.2) is 27.5 Å². The van der Waals surface area contributed by atoms with E-state index in [0.29, 0.717) is 50.9 Å². The quantitative estimate of drug-likeness (QED) is 0.0576. The van der Waals surface area contributed by atoms with Gasteiger partial charge in [-0.05, 0) is 73.1 Å². The molecule has 1 saturated carbocycles. The molecule has 2 saturated heterocycles. The van der Waals surface area contributed by atoms with Crippen LogP contribution < -0.4 is 14.4 Å². The van der Waals surface area contributed by atoms with Gasteiger partial charge in [-0.3, -0.25) is 0 Å². The fourth-order valence-electron chi connectivity index (χ4n) is 8.78. The molecule has 3 fully saturated rings. The first-order valence-corrected chi connectivity index (χ1v) is 21.6. The number of benzene rings is 2. The lowest BCUT2D eigenvalue weighted by Crippen LogP contribution is -2.46. The molecular formula is C42H51F4N5O3Si. The second-order valence-electron chi connectivity index (χ2n) is 16.6. The monoisotopic (exact) mass is 777 g/mol. The summed E-state index contributed by atoms with van der Waals surface area (Å²) >= 11 is 0. The van der Waals surface area contributed by atoms with Crippen LogP contribution in [0.15, 0.2) is 30.5 Å². The summed E-state index contributed by atoms with van der Waals surface area (Å²) in [5, 5.41) is 1.35. The number of alkyl halides is 2. The molecule has 4 aromatic rings. The van der Waals surface area contributed by atoms with Crippen molar-refractivity contribution >= 4 is 35.6 Å². The van der Waals surface area contributed by atoms with E-state index in [1.807, 2.05) is 9.80 Å². The lowest BCUT2D eigenvalue weighted by Gasteiger charge is -2.40. The number of likely N-dealkylation sites (tertiary alicyclic amines) is 1. The highest BCUT2D eigenvalue weighted by Crippen LogP contribution is 2.61. The summed E-state index contributed by atoms with van der Waals surface area (Å²) in [4.78, 5) is 17.9. The Morgan fingerprint density at radius 3 is 2.25 bits per heavy atom. The van der Waals surface area contributed by atoms with E-state index in [9.17, 15) is 8.78 Å². The van der Waals surface area contributed by atoms with E-state index in [4.69, 9.17) is 19.2 Å². The molecule has 2 aliphatic heterocycles. The number of nitrogens with zero attached hydrogens (tertiary/aromatic N) is 5. The number of methoxy groups -OCH3 is 1. The Hall–Kier alpha value is -3.99. The Morgan fingerprint density at radius 2 is 1.69 bits per heavy atom. The van der Waals surface area contributed by atoms with Crippen molar-refractivity contribution in [2.45, 2.75) is 96.3 Å². The minimum atomic E-state index is -2.86. The van der Waals surface area contributed by atoms with E-state index >= 15 is 8.78 Å². The maximum absolute atomic E-state index is 17.3.